The summed E-state index contributed by atoms with van der Waals surface area (Å²) in [6.07, 6.45) is 2.42. The summed E-state index contributed by atoms with van der Waals surface area (Å²) in [4.78, 5) is 12.8. The lowest BCUT2D eigenvalue weighted by molar-refractivity contribution is -0.384. The first-order chi connectivity index (χ1) is 9.69. The highest BCUT2D eigenvalue weighted by Gasteiger charge is 2.19. The van der Waals surface area contributed by atoms with Crippen molar-refractivity contribution in [3.63, 3.8) is 0 Å². The molecule has 1 heterocycles. The van der Waals surface area contributed by atoms with Gasteiger partial charge in [0.25, 0.3) is 5.69 Å². The molecule has 0 atom stereocenters. The van der Waals surface area contributed by atoms with Gasteiger partial charge in [-0.05, 0) is 50.5 Å². The van der Waals surface area contributed by atoms with Crippen LogP contribution >= 0.6 is 0 Å². The summed E-state index contributed by atoms with van der Waals surface area (Å²) in [6, 6.07) is 6.97. The van der Waals surface area contributed by atoms with Crippen molar-refractivity contribution < 1.29 is 4.92 Å². The van der Waals surface area contributed by atoms with E-state index in [4.69, 9.17) is 0 Å². The number of hydrogen-bond donors (Lipinski definition) is 1. The summed E-state index contributed by atoms with van der Waals surface area (Å²) in [5, 5.41) is 14.2. The average molecular weight is 277 g/mol. The summed E-state index contributed by atoms with van der Waals surface area (Å²) >= 11 is 0. The Morgan fingerprint density at radius 3 is 2.80 bits per heavy atom. The first kappa shape index (κ1) is 14.9. The van der Waals surface area contributed by atoms with E-state index in [-0.39, 0.29) is 10.6 Å². The highest BCUT2D eigenvalue weighted by atomic mass is 16.6. The molecule has 1 aliphatic heterocycles. The van der Waals surface area contributed by atoms with Gasteiger partial charge in [-0.2, -0.15) is 0 Å². The highest BCUT2D eigenvalue weighted by molar-refractivity contribution is 5.34. The van der Waals surface area contributed by atoms with Gasteiger partial charge in [-0.1, -0.05) is 19.1 Å². The van der Waals surface area contributed by atoms with Crippen LogP contribution in [0.15, 0.2) is 24.3 Å². The van der Waals surface area contributed by atoms with Gasteiger partial charge in [-0.15, -0.1) is 0 Å². The molecule has 0 saturated carbocycles. The van der Waals surface area contributed by atoms with Crippen LogP contribution in [0.2, 0.25) is 0 Å². The Labute approximate surface area is 120 Å². The molecule has 1 fully saturated rings. The second kappa shape index (κ2) is 7.36. The summed E-state index contributed by atoms with van der Waals surface area (Å²) in [5.74, 6) is 0.774. The van der Waals surface area contributed by atoms with Crippen LogP contribution in [0.5, 0.6) is 0 Å². The van der Waals surface area contributed by atoms with Gasteiger partial charge in [-0.3, -0.25) is 15.0 Å². The molecule has 0 aromatic heterocycles. The molecular formula is C15H23N3O2. The van der Waals surface area contributed by atoms with Gasteiger partial charge in [0, 0.05) is 18.7 Å². The van der Waals surface area contributed by atoms with Gasteiger partial charge < -0.3 is 5.32 Å². The monoisotopic (exact) mass is 277 g/mol. The highest BCUT2D eigenvalue weighted by Crippen LogP contribution is 2.20. The van der Waals surface area contributed by atoms with Gasteiger partial charge in [0.2, 0.25) is 0 Å². The molecule has 1 aromatic carbocycles. The van der Waals surface area contributed by atoms with E-state index in [1.54, 1.807) is 18.2 Å². The molecule has 1 N–H and O–H groups in total. The fraction of sp³-hybridized carbons (Fsp3) is 0.600. The van der Waals surface area contributed by atoms with Crippen molar-refractivity contribution in [2.24, 2.45) is 5.92 Å². The minimum absolute atomic E-state index is 0.185. The topological polar surface area (TPSA) is 58.4 Å². The van der Waals surface area contributed by atoms with Crippen molar-refractivity contribution in [1.29, 1.82) is 0 Å². The quantitative estimate of drug-likeness (QED) is 0.641. The number of nitrogens with zero attached hydrogens (tertiary/aromatic N) is 2. The van der Waals surface area contributed by atoms with Crippen molar-refractivity contribution in [3.8, 4) is 0 Å². The van der Waals surface area contributed by atoms with Gasteiger partial charge in [0.1, 0.15) is 0 Å². The predicted octanol–water partition coefficient (Wildman–Crippen LogP) is 2.42. The van der Waals surface area contributed by atoms with E-state index in [0.29, 0.717) is 0 Å². The van der Waals surface area contributed by atoms with Crippen LogP contribution in [0, 0.1) is 16.0 Å². The van der Waals surface area contributed by atoms with E-state index in [2.05, 4.69) is 17.1 Å². The SMILES string of the molecule is CCNCC1CCN(Cc2cccc([N+](=O)[O-])c2)CC1. The maximum absolute atomic E-state index is 10.8. The van der Waals surface area contributed by atoms with Crippen LogP contribution in [0.25, 0.3) is 0 Å². The lowest BCUT2D eigenvalue weighted by Gasteiger charge is -2.32. The Morgan fingerprint density at radius 2 is 2.15 bits per heavy atom. The second-order valence-electron chi connectivity index (χ2n) is 5.45. The second-order valence-corrected chi connectivity index (χ2v) is 5.45. The number of non-ortho nitro benzene ring substituents is 1. The van der Waals surface area contributed by atoms with Gasteiger partial charge in [0.15, 0.2) is 0 Å². The fourth-order valence-corrected chi connectivity index (χ4v) is 2.72. The van der Waals surface area contributed by atoms with Crippen LogP contribution in [-0.2, 0) is 6.54 Å². The van der Waals surface area contributed by atoms with Crippen LogP contribution in [0.3, 0.4) is 0 Å². The van der Waals surface area contributed by atoms with E-state index in [9.17, 15) is 10.1 Å². The Kier molecular flexibility index (Phi) is 5.49. The molecule has 110 valence electrons. The molecule has 0 spiro atoms. The standard InChI is InChI=1S/C15H23N3O2/c1-2-16-11-13-6-8-17(9-7-13)12-14-4-3-5-15(10-14)18(19)20/h3-5,10,13,16H,2,6-9,11-12H2,1H3. The van der Waals surface area contributed by atoms with Crippen molar-refractivity contribution in [2.45, 2.75) is 26.3 Å². The number of likely N-dealkylation sites (tertiary alicyclic amines) is 1. The Balaban J connectivity index is 1.83. The zero-order valence-electron chi connectivity index (χ0n) is 12.0. The molecule has 0 amide bonds. The number of benzene rings is 1. The molecule has 0 radical (unpaired) electrons. The lowest BCUT2D eigenvalue weighted by Crippen LogP contribution is -2.36. The normalized spacial score (nSPS) is 17.2. The van der Waals surface area contributed by atoms with Crippen molar-refractivity contribution in [3.05, 3.63) is 39.9 Å². The number of piperidine rings is 1. The Hall–Kier alpha value is -1.46. The third-order valence-electron chi connectivity index (χ3n) is 3.92. The Bertz CT molecular complexity index is 442. The fourth-order valence-electron chi connectivity index (χ4n) is 2.72. The lowest BCUT2D eigenvalue weighted by atomic mass is 9.96. The van der Waals surface area contributed by atoms with E-state index >= 15 is 0 Å². The molecule has 0 aliphatic carbocycles. The molecular weight excluding hydrogens is 254 g/mol. The smallest absolute Gasteiger partial charge is 0.269 e. The third-order valence-corrected chi connectivity index (χ3v) is 3.92. The molecule has 20 heavy (non-hydrogen) atoms. The zero-order valence-corrected chi connectivity index (χ0v) is 12.0. The summed E-state index contributed by atoms with van der Waals surface area (Å²) in [6.45, 7) is 7.26. The number of nitro groups is 1. The molecule has 5 heteroatoms. The van der Waals surface area contributed by atoms with Crippen LogP contribution in [0.4, 0.5) is 5.69 Å². The number of rotatable bonds is 6. The molecule has 5 nitrogen and oxygen atoms in total. The number of hydrogen-bond acceptors (Lipinski definition) is 4. The van der Waals surface area contributed by atoms with E-state index < -0.39 is 0 Å². The number of nitrogens with one attached hydrogen (secondary N) is 1. The summed E-state index contributed by atoms with van der Waals surface area (Å²) in [5.41, 5.74) is 1.22. The predicted molar refractivity (Wildman–Crippen MR) is 79.6 cm³/mol. The largest absolute Gasteiger partial charge is 0.317 e. The van der Waals surface area contributed by atoms with Gasteiger partial charge in [0.05, 0.1) is 4.92 Å². The summed E-state index contributed by atoms with van der Waals surface area (Å²) in [7, 11) is 0. The van der Waals surface area contributed by atoms with Gasteiger partial charge in [-0.25, -0.2) is 0 Å². The van der Waals surface area contributed by atoms with E-state index in [1.807, 2.05) is 6.07 Å². The van der Waals surface area contributed by atoms with Crippen LogP contribution < -0.4 is 5.32 Å². The zero-order chi connectivity index (χ0) is 14.4. The maximum atomic E-state index is 10.8. The maximum Gasteiger partial charge on any atom is 0.269 e. The minimum Gasteiger partial charge on any atom is -0.317 e. The van der Waals surface area contributed by atoms with Crippen molar-refractivity contribution >= 4 is 5.69 Å². The van der Waals surface area contributed by atoms with Gasteiger partial charge >= 0.3 is 0 Å². The Morgan fingerprint density at radius 1 is 1.40 bits per heavy atom. The number of nitro benzene ring substituents is 1. The van der Waals surface area contributed by atoms with Crippen LogP contribution in [0.1, 0.15) is 25.3 Å². The molecule has 0 unspecified atom stereocenters. The van der Waals surface area contributed by atoms with Crippen molar-refractivity contribution in [2.75, 3.05) is 26.2 Å². The van der Waals surface area contributed by atoms with Crippen molar-refractivity contribution in [1.82, 2.24) is 10.2 Å². The first-order valence-electron chi connectivity index (χ1n) is 7.35. The average Bonchev–Trinajstić information content (AvgIpc) is 2.47. The molecule has 1 aliphatic rings. The molecule has 0 bridgehead atoms. The molecule has 1 aromatic rings. The minimum atomic E-state index is -0.327. The summed E-state index contributed by atoms with van der Waals surface area (Å²) < 4.78 is 0. The van der Waals surface area contributed by atoms with Crippen LogP contribution in [-0.4, -0.2) is 36.0 Å². The van der Waals surface area contributed by atoms with E-state index in [1.165, 1.54) is 12.8 Å². The van der Waals surface area contributed by atoms with E-state index in [0.717, 1.165) is 44.2 Å². The first-order valence-corrected chi connectivity index (χ1v) is 7.35. The third kappa shape index (κ3) is 4.28. The molecule has 2 rings (SSSR count). The molecule has 1 saturated heterocycles.